The molecule has 3 N–H and O–H groups in total. The van der Waals surface area contributed by atoms with E-state index in [1.54, 1.807) is 0 Å². The van der Waals surface area contributed by atoms with Crippen molar-refractivity contribution in [2.75, 3.05) is 13.2 Å². The Balaban J connectivity index is 2.42. The maximum Gasteiger partial charge on any atom is 0.338 e. The van der Waals surface area contributed by atoms with Crippen LogP contribution in [0.3, 0.4) is 0 Å². The van der Waals surface area contributed by atoms with Gasteiger partial charge in [0.15, 0.2) is 13.2 Å². The molecule has 0 spiro atoms. The van der Waals surface area contributed by atoms with Crippen molar-refractivity contribution in [2.24, 2.45) is 5.73 Å². The lowest BCUT2D eigenvalue weighted by molar-refractivity contribution is -0.124. The molecular formula is C16H22N2O5. The second-order valence-corrected chi connectivity index (χ2v) is 5.11. The van der Waals surface area contributed by atoms with E-state index in [4.69, 9.17) is 15.2 Å². The van der Waals surface area contributed by atoms with Gasteiger partial charge in [-0.2, -0.15) is 0 Å². The van der Waals surface area contributed by atoms with E-state index in [1.807, 2.05) is 13.8 Å². The average molecular weight is 322 g/mol. The first-order valence-corrected chi connectivity index (χ1v) is 7.40. The summed E-state index contributed by atoms with van der Waals surface area (Å²) in [4.78, 5) is 34.0. The van der Waals surface area contributed by atoms with Crippen LogP contribution in [0.1, 0.15) is 37.0 Å². The molecule has 126 valence electrons. The van der Waals surface area contributed by atoms with E-state index >= 15 is 0 Å². The van der Waals surface area contributed by atoms with E-state index in [1.165, 1.54) is 24.3 Å². The van der Waals surface area contributed by atoms with Crippen LogP contribution in [0.5, 0.6) is 5.75 Å². The fourth-order valence-corrected chi connectivity index (χ4v) is 1.88. The molecule has 0 aliphatic carbocycles. The second kappa shape index (κ2) is 9.45. The molecule has 1 aromatic rings. The van der Waals surface area contributed by atoms with E-state index in [-0.39, 0.29) is 30.7 Å². The molecule has 7 nitrogen and oxygen atoms in total. The summed E-state index contributed by atoms with van der Waals surface area (Å²) in [7, 11) is 0. The summed E-state index contributed by atoms with van der Waals surface area (Å²) in [5, 5.41) is 2.74. The molecule has 0 saturated heterocycles. The van der Waals surface area contributed by atoms with E-state index in [2.05, 4.69) is 5.32 Å². The third-order valence-corrected chi connectivity index (χ3v) is 2.93. The molecule has 0 radical (unpaired) electrons. The number of ether oxygens (including phenoxy) is 2. The molecular weight excluding hydrogens is 300 g/mol. The maximum atomic E-state index is 11.8. The van der Waals surface area contributed by atoms with Gasteiger partial charge in [0.05, 0.1) is 5.56 Å². The van der Waals surface area contributed by atoms with Crippen molar-refractivity contribution in [3.63, 3.8) is 0 Å². The van der Waals surface area contributed by atoms with Crippen LogP contribution in [0.25, 0.3) is 0 Å². The van der Waals surface area contributed by atoms with E-state index in [9.17, 15) is 14.4 Å². The Bertz CT molecular complexity index is 542. The smallest absolute Gasteiger partial charge is 0.338 e. The van der Waals surface area contributed by atoms with Crippen LogP contribution in [0.2, 0.25) is 0 Å². The van der Waals surface area contributed by atoms with Crippen LogP contribution in [0.15, 0.2) is 24.3 Å². The van der Waals surface area contributed by atoms with Gasteiger partial charge in [0.25, 0.3) is 11.8 Å². The first-order chi connectivity index (χ1) is 10.9. The molecule has 0 unspecified atom stereocenters. The Morgan fingerprint density at radius 3 is 2.39 bits per heavy atom. The summed E-state index contributed by atoms with van der Waals surface area (Å²) in [5.74, 6) is -1.12. The number of primary amides is 1. The second-order valence-electron chi connectivity index (χ2n) is 5.11. The minimum atomic E-state index is -0.607. The summed E-state index contributed by atoms with van der Waals surface area (Å²) in [6.45, 7) is 3.36. The van der Waals surface area contributed by atoms with Crippen LogP contribution in [-0.4, -0.2) is 37.0 Å². The van der Waals surface area contributed by atoms with Crippen molar-refractivity contribution in [3.05, 3.63) is 29.8 Å². The zero-order valence-electron chi connectivity index (χ0n) is 13.3. The molecule has 1 rings (SSSR count). The summed E-state index contributed by atoms with van der Waals surface area (Å²) in [6.07, 6.45) is 1.83. The number of hydrogen-bond donors (Lipinski definition) is 2. The zero-order valence-corrected chi connectivity index (χ0v) is 13.3. The molecule has 0 aliphatic heterocycles. The number of carbonyl (C=O) groups is 3. The predicted octanol–water partition coefficient (Wildman–Crippen LogP) is 1.01. The van der Waals surface area contributed by atoms with Gasteiger partial charge in [0, 0.05) is 6.04 Å². The molecule has 0 saturated carbocycles. The van der Waals surface area contributed by atoms with E-state index < -0.39 is 11.9 Å². The summed E-state index contributed by atoms with van der Waals surface area (Å²) in [6, 6.07) is 6.05. The highest BCUT2D eigenvalue weighted by Crippen LogP contribution is 2.12. The van der Waals surface area contributed by atoms with Gasteiger partial charge >= 0.3 is 5.97 Å². The molecule has 0 bridgehead atoms. The van der Waals surface area contributed by atoms with Gasteiger partial charge in [-0.15, -0.1) is 0 Å². The highest BCUT2D eigenvalue weighted by atomic mass is 16.5. The number of rotatable bonds is 9. The van der Waals surface area contributed by atoms with Gasteiger partial charge in [-0.25, -0.2) is 4.79 Å². The minimum Gasteiger partial charge on any atom is -0.484 e. The van der Waals surface area contributed by atoms with Gasteiger partial charge in [0.2, 0.25) is 0 Å². The molecule has 1 aromatic carbocycles. The first kappa shape index (κ1) is 18.5. The lowest BCUT2D eigenvalue weighted by Gasteiger charge is -2.12. The van der Waals surface area contributed by atoms with Crippen LogP contribution in [-0.2, 0) is 14.3 Å². The van der Waals surface area contributed by atoms with Crippen LogP contribution in [0.4, 0.5) is 0 Å². The van der Waals surface area contributed by atoms with Crippen molar-refractivity contribution in [2.45, 2.75) is 32.7 Å². The quantitative estimate of drug-likeness (QED) is 0.660. The van der Waals surface area contributed by atoms with Gasteiger partial charge in [-0.3, -0.25) is 9.59 Å². The van der Waals surface area contributed by atoms with E-state index in [0.717, 1.165) is 12.8 Å². The first-order valence-electron chi connectivity index (χ1n) is 7.40. The third kappa shape index (κ3) is 7.30. The van der Waals surface area contributed by atoms with Crippen molar-refractivity contribution in [1.82, 2.24) is 5.32 Å². The van der Waals surface area contributed by atoms with Crippen LogP contribution < -0.4 is 15.8 Å². The van der Waals surface area contributed by atoms with E-state index in [0.29, 0.717) is 5.75 Å². The topological polar surface area (TPSA) is 108 Å². The number of hydrogen-bond acceptors (Lipinski definition) is 5. The van der Waals surface area contributed by atoms with Crippen LogP contribution in [0, 0.1) is 0 Å². The molecule has 0 aliphatic rings. The molecule has 1 atom stereocenters. The Morgan fingerprint density at radius 2 is 1.83 bits per heavy atom. The Kier molecular flexibility index (Phi) is 7.59. The van der Waals surface area contributed by atoms with Gasteiger partial charge < -0.3 is 20.5 Å². The highest BCUT2D eigenvalue weighted by Gasteiger charge is 2.12. The van der Waals surface area contributed by atoms with Crippen molar-refractivity contribution in [1.29, 1.82) is 0 Å². The zero-order chi connectivity index (χ0) is 17.2. The maximum absolute atomic E-state index is 11.8. The Hall–Kier alpha value is -2.57. The predicted molar refractivity (Wildman–Crippen MR) is 83.9 cm³/mol. The highest BCUT2D eigenvalue weighted by molar-refractivity contribution is 5.91. The lowest BCUT2D eigenvalue weighted by Crippen LogP contribution is -2.35. The normalized spacial score (nSPS) is 11.4. The Labute approximate surface area is 135 Å². The molecule has 0 aromatic heterocycles. The molecule has 23 heavy (non-hydrogen) atoms. The summed E-state index contributed by atoms with van der Waals surface area (Å²) in [5.41, 5.74) is 5.25. The third-order valence-electron chi connectivity index (χ3n) is 2.93. The van der Waals surface area contributed by atoms with Crippen LogP contribution >= 0.6 is 0 Å². The van der Waals surface area contributed by atoms with Crippen molar-refractivity contribution in [3.8, 4) is 5.75 Å². The number of amides is 2. The van der Waals surface area contributed by atoms with Crippen molar-refractivity contribution < 1.29 is 23.9 Å². The number of nitrogens with one attached hydrogen (secondary N) is 1. The molecule has 0 fully saturated rings. The Morgan fingerprint density at radius 1 is 1.17 bits per heavy atom. The SMILES string of the molecule is CCC[C@@H](C)NC(=O)COC(=O)c1ccc(OCC(N)=O)cc1. The number of nitrogens with two attached hydrogens (primary N) is 1. The largest absolute Gasteiger partial charge is 0.484 e. The summed E-state index contributed by atoms with van der Waals surface area (Å²) < 4.78 is 10.0. The van der Waals surface area contributed by atoms with Gasteiger partial charge in [-0.1, -0.05) is 13.3 Å². The number of carbonyl (C=O) groups excluding carboxylic acids is 3. The monoisotopic (exact) mass is 322 g/mol. The summed E-state index contributed by atoms with van der Waals surface area (Å²) >= 11 is 0. The molecule has 0 heterocycles. The fourth-order valence-electron chi connectivity index (χ4n) is 1.88. The average Bonchev–Trinajstić information content (AvgIpc) is 2.51. The lowest BCUT2D eigenvalue weighted by atomic mass is 10.2. The fraction of sp³-hybridized carbons (Fsp3) is 0.438. The van der Waals surface area contributed by atoms with Crippen molar-refractivity contribution >= 4 is 17.8 Å². The minimum absolute atomic E-state index is 0.0490. The number of benzene rings is 1. The van der Waals surface area contributed by atoms with Gasteiger partial charge in [-0.05, 0) is 37.6 Å². The standard InChI is InChI=1S/C16H22N2O5/c1-3-4-11(2)18-15(20)10-23-16(21)12-5-7-13(8-6-12)22-9-14(17)19/h5-8,11H,3-4,9-10H2,1-2H3,(H2,17,19)(H,18,20)/t11-/m1/s1. The molecule has 7 heteroatoms. The number of esters is 1. The molecule has 2 amide bonds. The van der Waals surface area contributed by atoms with Gasteiger partial charge in [0.1, 0.15) is 5.75 Å².